The molecular formula is C14H16BrN3S. The summed E-state index contributed by atoms with van der Waals surface area (Å²) in [4.78, 5) is 4.44. The second-order valence-corrected chi connectivity index (χ2v) is 6.11. The van der Waals surface area contributed by atoms with Gasteiger partial charge in [0.1, 0.15) is 0 Å². The van der Waals surface area contributed by atoms with Gasteiger partial charge in [0.25, 0.3) is 0 Å². The van der Waals surface area contributed by atoms with Gasteiger partial charge in [0, 0.05) is 39.8 Å². The van der Waals surface area contributed by atoms with Crippen LogP contribution in [0.2, 0.25) is 0 Å². The molecule has 5 heteroatoms. The van der Waals surface area contributed by atoms with Gasteiger partial charge in [-0.25, -0.2) is 0 Å². The quantitative estimate of drug-likeness (QED) is 0.476. The predicted octanol–water partition coefficient (Wildman–Crippen LogP) is 3.91. The van der Waals surface area contributed by atoms with Crippen LogP contribution < -0.4 is 11.1 Å². The molecule has 0 aliphatic rings. The molecule has 100 valence electrons. The highest BCUT2D eigenvalue weighted by Gasteiger charge is 2.05. The molecule has 19 heavy (non-hydrogen) atoms. The number of hydrogen-bond donors (Lipinski definition) is 2. The molecule has 3 N–H and O–H groups in total. The van der Waals surface area contributed by atoms with E-state index in [1.165, 1.54) is 0 Å². The zero-order chi connectivity index (χ0) is 13.7. The lowest BCUT2D eigenvalue weighted by atomic mass is 10.1. The first-order chi connectivity index (χ1) is 9.22. The van der Waals surface area contributed by atoms with Crippen molar-refractivity contribution in [2.24, 2.45) is 0 Å². The van der Waals surface area contributed by atoms with Crippen LogP contribution in [0, 0.1) is 0 Å². The van der Waals surface area contributed by atoms with Crippen molar-refractivity contribution < 1.29 is 0 Å². The van der Waals surface area contributed by atoms with Crippen LogP contribution in [-0.4, -0.2) is 23.0 Å². The van der Waals surface area contributed by atoms with E-state index in [1.54, 1.807) is 6.20 Å². The normalized spacial score (nSPS) is 10.6. The van der Waals surface area contributed by atoms with E-state index in [9.17, 15) is 0 Å². The fraction of sp³-hybridized carbons (Fsp3) is 0.214. The van der Waals surface area contributed by atoms with Crippen molar-refractivity contribution in [1.82, 2.24) is 4.98 Å². The number of nitrogens with one attached hydrogen (secondary N) is 1. The molecule has 1 aromatic heterocycles. The molecule has 0 radical (unpaired) electrons. The molecule has 3 nitrogen and oxygen atoms in total. The van der Waals surface area contributed by atoms with Gasteiger partial charge in [-0.15, -0.1) is 6.58 Å². The number of nitrogen functional groups attached to an aromatic ring is 1. The molecule has 2 aromatic rings. The largest absolute Gasteiger partial charge is 0.398 e. The fourth-order valence-corrected chi connectivity index (χ4v) is 2.69. The minimum Gasteiger partial charge on any atom is -0.398 e. The zero-order valence-electron chi connectivity index (χ0n) is 10.5. The summed E-state index contributed by atoms with van der Waals surface area (Å²) in [5.74, 6) is 2.02. The van der Waals surface area contributed by atoms with Crippen LogP contribution in [0.1, 0.15) is 0 Å². The van der Waals surface area contributed by atoms with Crippen LogP contribution in [0.4, 0.5) is 11.4 Å². The number of nitrogens with two attached hydrogens (primary N) is 1. The number of hydrogen-bond acceptors (Lipinski definition) is 4. The lowest BCUT2D eigenvalue weighted by Gasteiger charge is -2.10. The first kappa shape index (κ1) is 14.2. The summed E-state index contributed by atoms with van der Waals surface area (Å²) in [6.45, 7) is 4.60. The molecule has 0 unspecified atom stereocenters. The van der Waals surface area contributed by atoms with Crippen LogP contribution in [0.15, 0.2) is 41.5 Å². The van der Waals surface area contributed by atoms with Crippen LogP contribution in [0.25, 0.3) is 10.9 Å². The van der Waals surface area contributed by atoms with E-state index in [0.29, 0.717) is 0 Å². The Morgan fingerprint density at radius 2 is 2.32 bits per heavy atom. The second kappa shape index (κ2) is 6.82. The summed E-state index contributed by atoms with van der Waals surface area (Å²) >= 11 is 5.27. The summed E-state index contributed by atoms with van der Waals surface area (Å²) in [7, 11) is 0. The Labute approximate surface area is 125 Å². The van der Waals surface area contributed by atoms with Crippen LogP contribution >= 0.6 is 27.7 Å². The van der Waals surface area contributed by atoms with Gasteiger partial charge in [0.2, 0.25) is 0 Å². The van der Waals surface area contributed by atoms with Gasteiger partial charge in [-0.2, -0.15) is 11.8 Å². The SMILES string of the molecule is C=CCSCCNc1ccc(N)c2cc(Br)cnc12. The number of benzene rings is 1. The lowest BCUT2D eigenvalue weighted by Crippen LogP contribution is -2.05. The van der Waals surface area contributed by atoms with E-state index in [1.807, 2.05) is 36.0 Å². The highest BCUT2D eigenvalue weighted by atomic mass is 79.9. The molecule has 1 heterocycles. The van der Waals surface area contributed by atoms with Gasteiger partial charge >= 0.3 is 0 Å². The number of anilines is 2. The number of halogens is 1. The van der Waals surface area contributed by atoms with E-state index < -0.39 is 0 Å². The first-order valence-electron chi connectivity index (χ1n) is 5.98. The maximum absolute atomic E-state index is 5.98. The number of fused-ring (bicyclic) bond motifs is 1. The Bertz CT molecular complexity index is 586. The third-order valence-electron chi connectivity index (χ3n) is 2.65. The number of aromatic nitrogens is 1. The number of rotatable bonds is 6. The van der Waals surface area contributed by atoms with Crippen LogP contribution in [0.5, 0.6) is 0 Å². The summed E-state index contributed by atoms with van der Waals surface area (Å²) in [5, 5.41) is 4.38. The van der Waals surface area contributed by atoms with Crippen molar-refractivity contribution in [3.63, 3.8) is 0 Å². The molecule has 0 aliphatic heterocycles. The third kappa shape index (κ3) is 3.64. The molecule has 0 spiro atoms. The average Bonchev–Trinajstić information content (AvgIpc) is 2.41. The molecule has 2 rings (SSSR count). The van der Waals surface area contributed by atoms with Gasteiger partial charge in [-0.05, 0) is 34.1 Å². The van der Waals surface area contributed by atoms with Gasteiger partial charge in [-0.3, -0.25) is 4.98 Å². The number of thioether (sulfide) groups is 1. The molecule has 0 bridgehead atoms. The first-order valence-corrected chi connectivity index (χ1v) is 7.93. The van der Waals surface area contributed by atoms with E-state index in [-0.39, 0.29) is 0 Å². The molecule has 0 amide bonds. The van der Waals surface area contributed by atoms with Gasteiger partial charge in [0.15, 0.2) is 0 Å². The Kier molecular flexibility index (Phi) is 5.10. The van der Waals surface area contributed by atoms with E-state index >= 15 is 0 Å². The number of pyridine rings is 1. The van der Waals surface area contributed by atoms with Crippen molar-refractivity contribution in [3.05, 3.63) is 41.5 Å². The Morgan fingerprint density at radius 1 is 1.47 bits per heavy atom. The molecule has 0 saturated carbocycles. The highest BCUT2D eigenvalue weighted by Crippen LogP contribution is 2.28. The maximum Gasteiger partial charge on any atom is 0.0954 e. The maximum atomic E-state index is 5.98. The standard InChI is InChI=1S/C14H16BrN3S/c1-2-6-19-7-5-17-13-4-3-12(16)11-8-10(15)9-18-14(11)13/h2-4,8-9,17H,1,5-7,16H2. The van der Waals surface area contributed by atoms with E-state index in [4.69, 9.17) is 5.73 Å². The van der Waals surface area contributed by atoms with Crippen molar-refractivity contribution in [1.29, 1.82) is 0 Å². The van der Waals surface area contributed by atoms with Crippen molar-refractivity contribution >= 4 is 50.0 Å². The van der Waals surface area contributed by atoms with Crippen molar-refractivity contribution in [2.75, 3.05) is 29.1 Å². The van der Waals surface area contributed by atoms with Crippen LogP contribution in [0.3, 0.4) is 0 Å². The third-order valence-corrected chi connectivity index (χ3v) is 4.05. The summed E-state index contributed by atoms with van der Waals surface area (Å²) in [5.41, 5.74) is 8.67. The minimum absolute atomic E-state index is 0.746. The Morgan fingerprint density at radius 3 is 3.11 bits per heavy atom. The number of nitrogens with zero attached hydrogens (tertiary/aromatic N) is 1. The fourth-order valence-electron chi connectivity index (χ4n) is 1.78. The molecular weight excluding hydrogens is 322 g/mol. The van der Waals surface area contributed by atoms with Crippen molar-refractivity contribution in [2.45, 2.75) is 0 Å². The molecule has 0 saturated heterocycles. The smallest absolute Gasteiger partial charge is 0.0954 e. The molecule has 1 aromatic carbocycles. The van der Waals surface area contributed by atoms with Crippen molar-refractivity contribution in [3.8, 4) is 0 Å². The average molecular weight is 338 g/mol. The topological polar surface area (TPSA) is 50.9 Å². The zero-order valence-corrected chi connectivity index (χ0v) is 12.9. The van der Waals surface area contributed by atoms with E-state index in [2.05, 4.69) is 32.8 Å². The highest BCUT2D eigenvalue weighted by molar-refractivity contribution is 9.10. The second-order valence-electron chi connectivity index (χ2n) is 4.04. The lowest BCUT2D eigenvalue weighted by molar-refractivity contribution is 1.23. The molecule has 0 atom stereocenters. The van der Waals surface area contributed by atoms with Gasteiger partial charge in [-0.1, -0.05) is 6.08 Å². The van der Waals surface area contributed by atoms with Gasteiger partial charge in [0.05, 0.1) is 11.2 Å². The molecule has 0 aliphatic carbocycles. The molecule has 0 fully saturated rings. The summed E-state index contributed by atoms with van der Waals surface area (Å²) in [6.07, 6.45) is 3.71. The predicted molar refractivity (Wildman–Crippen MR) is 89.9 cm³/mol. The van der Waals surface area contributed by atoms with Crippen LogP contribution in [-0.2, 0) is 0 Å². The van der Waals surface area contributed by atoms with E-state index in [0.717, 1.165) is 44.8 Å². The van der Waals surface area contributed by atoms with Gasteiger partial charge < -0.3 is 11.1 Å². The Hall–Kier alpha value is -1.20. The monoisotopic (exact) mass is 337 g/mol. The Balaban J connectivity index is 2.15. The summed E-state index contributed by atoms with van der Waals surface area (Å²) < 4.78 is 0.936. The minimum atomic E-state index is 0.746. The summed E-state index contributed by atoms with van der Waals surface area (Å²) in [6, 6.07) is 5.89.